The van der Waals surface area contributed by atoms with Crippen molar-refractivity contribution in [2.75, 3.05) is 13.2 Å². The van der Waals surface area contributed by atoms with Gasteiger partial charge in [0, 0.05) is 17.2 Å². The first-order valence-corrected chi connectivity index (χ1v) is 8.37. The van der Waals surface area contributed by atoms with Gasteiger partial charge in [-0.1, -0.05) is 5.16 Å². The highest BCUT2D eigenvalue weighted by Crippen LogP contribution is 2.34. The molecule has 2 heterocycles. The number of carbonyl (C=O) groups excluding carboxylic acids is 1. The van der Waals surface area contributed by atoms with Crippen LogP contribution in [0.1, 0.15) is 21.6 Å². The van der Waals surface area contributed by atoms with Gasteiger partial charge in [0.25, 0.3) is 5.91 Å². The maximum Gasteiger partial charge on any atom is 0.251 e. The van der Waals surface area contributed by atoms with Crippen LogP contribution in [0.2, 0.25) is 0 Å². The van der Waals surface area contributed by atoms with Crippen molar-refractivity contribution in [2.24, 2.45) is 0 Å². The minimum Gasteiger partial charge on any atom is -0.486 e. The van der Waals surface area contributed by atoms with Crippen molar-refractivity contribution in [2.45, 2.75) is 6.54 Å². The Bertz CT molecular complexity index is 1020. The third-order valence-corrected chi connectivity index (χ3v) is 4.09. The molecule has 1 amide bonds. The van der Waals surface area contributed by atoms with Gasteiger partial charge in [-0.05, 0) is 42.5 Å². The number of hydrogen-bond acceptors (Lipinski definition) is 6. The number of fused-ring (bicyclic) bond motifs is 1. The van der Waals surface area contributed by atoms with Crippen molar-refractivity contribution >= 4 is 5.91 Å². The molecule has 7 nitrogen and oxygen atoms in total. The van der Waals surface area contributed by atoms with Crippen LogP contribution in [0, 0.1) is 11.3 Å². The number of benzene rings is 2. The van der Waals surface area contributed by atoms with E-state index in [0.717, 1.165) is 5.56 Å². The van der Waals surface area contributed by atoms with E-state index in [1.807, 2.05) is 24.3 Å². The first-order chi connectivity index (χ1) is 13.2. The molecule has 1 N–H and O–H groups in total. The third-order valence-electron chi connectivity index (χ3n) is 4.09. The molecule has 7 heteroatoms. The second kappa shape index (κ2) is 7.22. The molecule has 27 heavy (non-hydrogen) atoms. The Hall–Kier alpha value is -3.79. The molecule has 2 aromatic carbocycles. The summed E-state index contributed by atoms with van der Waals surface area (Å²) in [5.74, 6) is 1.71. The van der Waals surface area contributed by atoms with Crippen LogP contribution in [-0.2, 0) is 6.54 Å². The van der Waals surface area contributed by atoms with Gasteiger partial charge in [0.2, 0.25) is 0 Å². The van der Waals surface area contributed by atoms with Crippen LogP contribution in [0.5, 0.6) is 11.5 Å². The van der Waals surface area contributed by atoms with Crippen molar-refractivity contribution in [3.8, 4) is 28.9 Å². The summed E-state index contributed by atoms with van der Waals surface area (Å²) in [5.41, 5.74) is 2.40. The van der Waals surface area contributed by atoms with E-state index in [1.54, 1.807) is 30.3 Å². The molecule has 0 radical (unpaired) electrons. The molecule has 1 aromatic heterocycles. The second-order valence-corrected chi connectivity index (χ2v) is 5.91. The summed E-state index contributed by atoms with van der Waals surface area (Å²) in [4.78, 5) is 12.2. The molecule has 3 aromatic rings. The maximum atomic E-state index is 12.2. The van der Waals surface area contributed by atoms with Gasteiger partial charge < -0.3 is 19.3 Å². The zero-order valence-electron chi connectivity index (χ0n) is 14.3. The highest BCUT2D eigenvalue weighted by atomic mass is 16.6. The molecule has 0 aliphatic carbocycles. The largest absolute Gasteiger partial charge is 0.486 e. The number of aromatic nitrogens is 1. The van der Waals surface area contributed by atoms with Crippen LogP contribution in [0.15, 0.2) is 53.1 Å². The number of rotatable bonds is 4. The first kappa shape index (κ1) is 16.7. The monoisotopic (exact) mass is 361 g/mol. The number of nitrogens with zero attached hydrogens (tertiary/aromatic N) is 2. The Kier molecular flexibility index (Phi) is 4.45. The Morgan fingerprint density at radius 1 is 1.07 bits per heavy atom. The highest BCUT2D eigenvalue weighted by molar-refractivity contribution is 5.94. The van der Waals surface area contributed by atoms with Crippen molar-refractivity contribution < 1.29 is 18.8 Å². The molecule has 4 rings (SSSR count). The Labute approximate surface area is 155 Å². The lowest BCUT2D eigenvalue weighted by atomic mass is 10.1. The smallest absolute Gasteiger partial charge is 0.251 e. The number of carbonyl (C=O) groups is 1. The van der Waals surface area contributed by atoms with Crippen molar-refractivity contribution in [3.63, 3.8) is 0 Å². The van der Waals surface area contributed by atoms with E-state index in [-0.39, 0.29) is 12.5 Å². The standard InChI is InChI=1S/C20H15N3O4/c21-11-13-1-3-14(4-2-13)20(24)22-12-16-10-18(27-23-16)15-5-6-17-19(9-15)26-8-7-25-17/h1-6,9-10H,7-8,12H2,(H,22,24). The zero-order chi connectivity index (χ0) is 18.6. The van der Waals surface area contributed by atoms with Gasteiger partial charge in [-0.2, -0.15) is 5.26 Å². The van der Waals surface area contributed by atoms with E-state index in [2.05, 4.69) is 10.5 Å². The summed E-state index contributed by atoms with van der Waals surface area (Å²) >= 11 is 0. The number of nitrogens with one attached hydrogen (secondary N) is 1. The van der Waals surface area contributed by atoms with Gasteiger partial charge in [0.05, 0.1) is 18.2 Å². The average Bonchev–Trinajstić information content (AvgIpc) is 3.21. The van der Waals surface area contributed by atoms with E-state index in [4.69, 9.17) is 19.3 Å². The quantitative estimate of drug-likeness (QED) is 0.767. The van der Waals surface area contributed by atoms with Gasteiger partial charge in [-0.25, -0.2) is 0 Å². The second-order valence-electron chi connectivity index (χ2n) is 5.91. The molecular weight excluding hydrogens is 346 g/mol. The summed E-state index contributed by atoms with van der Waals surface area (Å²) in [7, 11) is 0. The Morgan fingerprint density at radius 3 is 2.63 bits per heavy atom. The summed E-state index contributed by atoms with van der Waals surface area (Å²) in [5, 5.41) is 15.6. The molecule has 1 aliphatic heterocycles. The zero-order valence-corrected chi connectivity index (χ0v) is 14.3. The van der Waals surface area contributed by atoms with Crippen LogP contribution in [-0.4, -0.2) is 24.3 Å². The number of hydrogen-bond donors (Lipinski definition) is 1. The van der Waals surface area contributed by atoms with E-state index in [0.29, 0.717) is 47.3 Å². The molecule has 1 aliphatic rings. The van der Waals surface area contributed by atoms with Gasteiger partial charge in [0.15, 0.2) is 17.3 Å². The SMILES string of the molecule is N#Cc1ccc(C(=O)NCc2cc(-c3ccc4c(c3)OCCO4)on2)cc1. The summed E-state index contributed by atoms with van der Waals surface area (Å²) in [6.45, 7) is 1.28. The number of nitriles is 1. The fourth-order valence-electron chi connectivity index (χ4n) is 2.70. The Balaban J connectivity index is 1.42. The van der Waals surface area contributed by atoms with Crippen LogP contribution >= 0.6 is 0 Å². The number of amides is 1. The molecular formula is C20H15N3O4. The third kappa shape index (κ3) is 3.60. The molecule has 0 saturated carbocycles. The summed E-state index contributed by atoms with van der Waals surface area (Å²) in [6, 6.07) is 15.7. The molecule has 134 valence electrons. The Morgan fingerprint density at radius 2 is 1.85 bits per heavy atom. The highest BCUT2D eigenvalue weighted by Gasteiger charge is 2.15. The van der Waals surface area contributed by atoms with Crippen LogP contribution < -0.4 is 14.8 Å². The van der Waals surface area contributed by atoms with Crippen LogP contribution in [0.3, 0.4) is 0 Å². The lowest BCUT2D eigenvalue weighted by Gasteiger charge is -2.18. The van der Waals surface area contributed by atoms with Crippen molar-refractivity contribution in [1.82, 2.24) is 10.5 Å². The van der Waals surface area contributed by atoms with Gasteiger partial charge >= 0.3 is 0 Å². The lowest BCUT2D eigenvalue weighted by molar-refractivity contribution is 0.0950. The van der Waals surface area contributed by atoms with Crippen molar-refractivity contribution in [3.05, 3.63) is 65.4 Å². The minimum absolute atomic E-state index is 0.229. The van der Waals surface area contributed by atoms with E-state index in [9.17, 15) is 4.79 Å². The topological polar surface area (TPSA) is 97.4 Å². The fourth-order valence-corrected chi connectivity index (χ4v) is 2.70. The normalized spacial score (nSPS) is 12.3. The minimum atomic E-state index is -0.247. The van der Waals surface area contributed by atoms with Gasteiger partial charge in [0.1, 0.15) is 18.9 Å². The lowest BCUT2D eigenvalue weighted by Crippen LogP contribution is -2.22. The summed E-state index contributed by atoms with van der Waals surface area (Å²) < 4.78 is 16.5. The van der Waals surface area contributed by atoms with E-state index >= 15 is 0 Å². The first-order valence-electron chi connectivity index (χ1n) is 8.37. The molecule has 0 spiro atoms. The molecule has 0 unspecified atom stereocenters. The molecule has 0 saturated heterocycles. The van der Waals surface area contributed by atoms with Crippen LogP contribution in [0.25, 0.3) is 11.3 Å². The van der Waals surface area contributed by atoms with Gasteiger partial charge in [-0.15, -0.1) is 0 Å². The van der Waals surface area contributed by atoms with Crippen LogP contribution in [0.4, 0.5) is 0 Å². The fraction of sp³-hybridized carbons (Fsp3) is 0.150. The predicted molar refractivity (Wildman–Crippen MR) is 95.3 cm³/mol. The average molecular weight is 361 g/mol. The maximum absolute atomic E-state index is 12.2. The molecule has 0 fully saturated rings. The molecule has 0 bridgehead atoms. The number of ether oxygens (including phenoxy) is 2. The van der Waals surface area contributed by atoms with E-state index < -0.39 is 0 Å². The predicted octanol–water partition coefficient (Wildman–Crippen LogP) is 2.91. The molecule has 0 atom stereocenters. The van der Waals surface area contributed by atoms with E-state index in [1.165, 1.54) is 0 Å². The van der Waals surface area contributed by atoms with Crippen molar-refractivity contribution in [1.29, 1.82) is 5.26 Å². The van der Waals surface area contributed by atoms with Gasteiger partial charge in [-0.3, -0.25) is 4.79 Å². The summed E-state index contributed by atoms with van der Waals surface area (Å²) in [6.07, 6.45) is 0.